The Morgan fingerprint density at radius 2 is 2.16 bits per heavy atom. The normalized spacial score (nSPS) is 14.0. The molecule has 1 atom stereocenters. The van der Waals surface area contributed by atoms with Crippen molar-refractivity contribution in [1.82, 2.24) is 15.1 Å². The number of hydrogen-bond donors (Lipinski definition) is 1. The second-order valence-corrected chi connectivity index (χ2v) is 5.88. The smallest absolute Gasteiger partial charge is 0.324 e. The van der Waals surface area contributed by atoms with Crippen molar-refractivity contribution < 1.29 is 18.7 Å². The monoisotopic (exact) mass is 281 g/mol. The number of aromatic nitrogens is 4. The second kappa shape index (κ2) is 5.97. The Hall–Kier alpha value is -1.69. The molecule has 2 aromatic heterocycles. The van der Waals surface area contributed by atoms with Crippen LogP contribution in [0.1, 0.15) is 0 Å². The zero-order valence-electron chi connectivity index (χ0n) is 10.4. The van der Waals surface area contributed by atoms with Gasteiger partial charge in [0.1, 0.15) is 12.4 Å². The molecular formula is C11H14N4O3P+. The molecular weight excluding hydrogens is 267 g/mol. The minimum Gasteiger partial charge on any atom is -0.324 e. The van der Waals surface area contributed by atoms with Crippen LogP contribution < -0.4 is 4.68 Å². The van der Waals surface area contributed by atoms with E-state index in [2.05, 4.69) is 19.6 Å². The van der Waals surface area contributed by atoms with Crippen LogP contribution in [0.3, 0.4) is 0 Å². The van der Waals surface area contributed by atoms with Crippen LogP contribution >= 0.6 is 7.60 Å². The van der Waals surface area contributed by atoms with E-state index in [0.29, 0.717) is 12.4 Å². The molecule has 0 saturated carbocycles. The van der Waals surface area contributed by atoms with Crippen LogP contribution in [0.5, 0.6) is 0 Å². The molecule has 2 rings (SSSR count). The molecule has 0 saturated heterocycles. The summed E-state index contributed by atoms with van der Waals surface area (Å²) in [4.78, 5) is 17.5. The SMILES string of the molecule is COP(=O)(O)CC[n+]1ccc(-c2ncccn2)cn1. The highest BCUT2D eigenvalue weighted by atomic mass is 31.2. The fraction of sp³-hybridized carbons (Fsp3) is 0.273. The van der Waals surface area contributed by atoms with Gasteiger partial charge >= 0.3 is 7.60 Å². The first-order chi connectivity index (χ1) is 9.11. The highest BCUT2D eigenvalue weighted by Crippen LogP contribution is 2.39. The van der Waals surface area contributed by atoms with Crippen molar-refractivity contribution in [2.75, 3.05) is 13.3 Å². The van der Waals surface area contributed by atoms with Gasteiger partial charge < -0.3 is 9.42 Å². The lowest BCUT2D eigenvalue weighted by Gasteiger charge is -2.04. The molecule has 0 radical (unpaired) electrons. The third-order valence-corrected chi connectivity index (χ3v) is 3.83. The van der Waals surface area contributed by atoms with Crippen molar-refractivity contribution in [1.29, 1.82) is 0 Å². The molecule has 2 heterocycles. The Morgan fingerprint density at radius 1 is 1.42 bits per heavy atom. The quantitative estimate of drug-likeness (QED) is 0.639. The zero-order valence-corrected chi connectivity index (χ0v) is 11.3. The van der Waals surface area contributed by atoms with E-state index < -0.39 is 7.60 Å². The van der Waals surface area contributed by atoms with Crippen LogP contribution in [0, 0.1) is 0 Å². The first-order valence-electron chi connectivity index (χ1n) is 5.61. The van der Waals surface area contributed by atoms with Gasteiger partial charge in [-0.15, -0.1) is 0 Å². The molecule has 0 aliphatic heterocycles. The Balaban J connectivity index is 2.05. The van der Waals surface area contributed by atoms with Crippen LogP contribution in [0.4, 0.5) is 0 Å². The van der Waals surface area contributed by atoms with Crippen LogP contribution in [-0.4, -0.2) is 33.2 Å². The Bertz CT molecular complexity index is 576. The molecule has 0 amide bonds. The van der Waals surface area contributed by atoms with Crippen molar-refractivity contribution in [2.24, 2.45) is 0 Å². The van der Waals surface area contributed by atoms with Crippen molar-refractivity contribution in [3.8, 4) is 11.4 Å². The summed E-state index contributed by atoms with van der Waals surface area (Å²) >= 11 is 0. The van der Waals surface area contributed by atoms with Gasteiger partial charge in [0, 0.05) is 31.1 Å². The Kier molecular flexibility index (Phi) is 4.31. The zero-order chi connectivity index (χ0) is 13.7. The molecule has 8 heteroatoms. The third-order valence-electron chi connectivity index (χ3n) is 2.49. The highest BCUT2D eigenvalue weighted by molar-refractivity contribution is 7.52. The largest absolute Gasteiger partial charge is 0.334 e. The average molecular weight is 281 g/mol. The minimum atomic E-state index is -3.49. The van der Waals surface area contributed by atoms with Crippen LogP contribution in [0.2, 0.25) is 0 Å². The molecule has 0 aromatic carbocycles. The van der Waals surface area contributed by atoms with Gasteiger partial charge in [-0.05, 0) is 11.2 Å². The topological polar surface area (TPSA) is 89.1 Å². The summed E-state index contributed by atoms with van der Waals surface area (Å²) in [5.41, 5.74) is 0.788. The first-order valence-corrected chi connectivity index (χ1v) is 7.38. The van der Waals surface area contributed by atoms with Crippen molar-refractivity contribution in [3.63, 3.8) is 0 Å². The molecule has 0 bridgehead atoms. The van der Waals surface area contributed by atoms with Gasteiger partial charge in [0.15, 0.2) is 18.6 Å². The van der Waals surface area contributed by atoms with Crippen LogP contribution in [-0.2, 0) is 15.6 Å². The number of aryl methyl sites for hydroxylation is 1. The Labute approximate surface area is 110 Å². The molecule has 0 aliphatic rings. The first kappa shape index (κ1) is 13.7. The van der Waals surface area contributed by atoms with Gasteiger partial charge in [0.25, 0.3) is 0 Å². The predicted molar refractivity (Wildman–Crippen MR) is 67.2 cm³/mol. The maximum absolute atomic E-state index is 11.3. The highest BCUT2D eigenvalue weighted by Gasteiger charge is 2.20. The van der Waals surface area contributed by atoms with Gasteiger partial charge in [-0.3, -0.25) is 4.57 Å². The Morgan fingerprint density at radius 3 is 2.74 bits per heavy atom. The molecule has 2 aromatic rings. The summed E-state index contributed by atoms with van der Waals surface area (Å²) in [6, 6.07) is 3.54. The lowest BCUT2D eigenvalue weighted by Crippen LogP contribution is -2.38. The van der Waals surface area contributed by atoms with E-state index in [0.717, 1.165) is 5.56 Å². The van der Waals surface area contributed by atoms with E-state index in [9.17, 15) is 9.46 Å². The summed E-state index contributed by atoms with van der Waals surface area (Å²) < 4.78 is 17.4. The molecule has 7 nitrogen and oxygen atoms in total. The maximum Gasteiger partial charge on any atom is 0.334 e. The van der Waals surface area contributed by atoms with Gasteiger partial charge in [0.05, 0.1) is 0 Å². The van der Waals surface area contributed by atoms with Gasteiger partial charge in [-0.2, -0.15) is 0 Å². The van der Waals surface area contributed by atoms with Gasteiger partial charge in [-0.1, -0.05) is 4.68 Å². The van der Waals surface area contributed by atoms with E-state index in [1.54, 1.807) is 41.6 Å². The summed E-state index contributed by atoms with van der Waals surface area (Å²) in [5, 5.41) is 4.14. The summed E-state index contributed by atoms with van der Waals surface area (Å²) in [6.07, 6.45) is 6.65. The summed E-state index contributed by atoms with van der Waals surface area (Å²) in [7, 11) is -2.28. The number of rotatable bonds is 5. The standard InChI is InChI=1S/C11H13N4O3P/c1-18-19(16,17)8-7-15-6-3-10(9-14-15)11-12-4-2-5-13-11/h2-6,9H,7-8H2,1H3/p+1. The van der Waals surface area contributed by atoms with Gasteiger partial charge in [-0.25, -0.2) is 9.97 Å². The molecule has 100 valence electrons. The fourth-order valence-electron chi connectivity index (χ4n) is 1.42. The molecule has 0 spiro atoms. The number of nitrogens with zero attached hydrogens (tertiary/aromatic N) is 4. The van der Waals surface area contributed by atoms with Crippen molar-refractivity contribution in [3.05, 3.63) is 36.9 Å². The maximum atomic E-state index is 11.3. The van der Waals surface area contributed by atoms with E-state index in [4.69, 9.17) is 0 Å². The third kappa shape index (κ3) is 3.89. The lowest BCUT2D eigenvalue weighted by molar-refractivity contribution is -0.750. The van der Waals surface area contributed by atoms with E-state index in [1.165, 1.54) is 7.11 Å². The summed E-state index contributed by atoms with van der Waals surface area (Å²) in [5.74, 6) is 0.590. The lowest BCUT2D eigenvalue weighted by atomic mass is 10.3. The number of hydrogen-bond acceptors (Lipinski definition) is 5. The molecule has 19 heavy (non-hydrogen) atoms. The average Bonchev–Trinajstić information content (AvgIpc) is 2.47. The van der Waals surface area contributed by atoms with Crippen LogP contribution in [0.15, 0.2) is 36.9 Å². The van der Waals surface area contributed by atoms with Crippen molar-refractivity contribution >= 4 is 7.60 Å². The molecule has 0 fully saturated rings. The minimum absolute atomic E-state index is 0.0162. The van der Waals surface area contributed by atoms with E-state index in [-0.39, 0.29) is 6.16 Å². The molecule has 1 unspecified atom stereocenters. The second-order valence-electron chi connectivity index (χ2n) is 3.79. The molecule has 0 aliphatic carbocycles. The van der Waals surface area contributed by atoms with E-state index >= 15 is 0 Å². The van der Waals surface area contributed by atoms with Crippen LogP contribution in [0.25, 0.3) is 11.4 Å². The summed E-state index contributed by atoms with van der Waals surface area (Å²) in [6.45, 7) is 0.303. The molecule has 1 N–H and O–H groups in total. The van der Waals surface area contributed by atoms with E-state index in [1.807, 2.05) is 0 Å². The van der Waals surface area contributed by atoms with Crippen molar-refractivity contribution in [2.45, 2.75) is 6.54 Å². The fourth-order valence-corrected chi connectivity index (χ4v) is 2.06. The van der Waals surface area contributed by atoms with Gasteiger partial charge in [0.2, 0.25) is 0 Å². The predicted octanol–water partition coefficient (Wildman–Crippen LogP) is 0.658.